The van der Waals surface area contributed by atoms with E-state index in [1.54, 1.807) is 6.07 Å². The quantitative estimate of drug-likeness (QED) is 0.661. The van der Waals surface area contributed by atoms with Crippen LogP contribution in [-0.4, -0.2) is 35.2 Å². The van der Waals surface area contributed by atoms with Crippen LogP contribution < -0.4 is 15.7 Å². The van der Waals surface area contributed by atoms with Gasteiger partial charge in [0, 0.05) is 0 Å². The highest BCUT2D eigenvalue weighted by Crippen LogP contribution is 2.31. The maximum atomic E-state index is 12.0. The number of aromatic hydroxyl groups is 1. The summed E-state index contributed by atoms with van der Waals surface area (Å²) in [4.78, 5) is 34.6. The average Bonchev–Trinajstić information content (AvgIpc) is 2.66. The number of fused-ring (bicyclic) bond motifs is 1. The number of hydrogen-bond donors (Lipinski definition) is 3. The van der Waals surface area contributed by atoms with E-state index in [1.807, 2.05) is 5.32 Å². The molecule has 2 aromatic rings. The molecule has 0 bridgehead atoms. The lowest BCUT2D eigenvalue weighted by Gasteiger charge is -2.21. The summed E-state index contributed by atoms with van der Waals surface area (Å²) < 4.78 is 10.9. The predicted molar refractivity (Wildman–Crippen MR) is 96.2 cm³/mol. The molecule has 1 amide bonds. The molecule has 1 fully saturated rings. The van der Waals surface area contributed by atoms with Crippen LogP contribution in [-0.2, 0) is 4.79 Å². The summed E-state index contributed by atoms with van der Waals surface area (Å²) in [6, 6.07) is 4.63. The zero-order valence-corrected chi connectivity index (χ0v) is 14.7. The van der Waals surface area contributed by atoms with E-state index in [9.17, 15) is 19.5 Å². The Morgan fingerprint density at radius 1 is 1.22 bits per heavy atom. The average molecular weight is 375 g/mol. The van der Waals surface area contributed by atoms with Crippen molar-refractivity contribution < 1.29 is 29.0 Å². The minimum atomic E-state index is -1.27. The maximum absolute atomic E-state index is 12.0. The molecule has 0 radical (unpaired) electrons. The van der Waals surface area contributed by atoms with E-state index in [-0.39, 0.29) is 11.0 Å². The standard InChI is InChI=1S/C19H21NO7/c21-15(22)9-20-18(24)16-17(23)13-8-12(6-7-14(13)27-19(16)25)26-10-11-4-2-1-3-5-11/h6-8,11,23H,1-5,9-10H2,(H,20,24)(H,21,22). The second-order valence-electron chi connectivity index (χ2n) is 6.66. The van der Waals surface area contributed by atoms with Gasteiger partial charge in [-0.3, -0.25) is 9.59 Å². The van der Waals surface area contributed by atoms with Crippen LogP contribution in [0.2, 0.25) is 0 Å². The Morgan fingerprint density at radius 3 is 2.67 bits per heavy atom. The Morgan fingerprint density at radius 2 is 1.96 bits per heavy atom. The number of hydrogen-bond acceptors (Lipinski definition) is 6. The van der Waals surface area contributed by atoms with Crippen molar-refractivity contribution in [1.82, 2.24) is 5.32 Å². The second-order valence-corrected chi connectivity index (χ2v) is 6.66. The van der Waals surface area contributed by atoms with Crippen LogP contribution in [0.15, 0.2) is 27.4 Å². The summed E-state index contributed by atoms with van der Waals surface area (Å²) in [5.41, 5.74) is -1.57. The first-order chi connectivity index (χ1) is 13.0. The van der Waals surface area contributed by atoms with Crippen LogP contribution >= 0.6 is 0 Å². The Balaban J connectivity index is 1.84. The number of amides is 1. The molecule has 8 heteroatoms. The molecule has 0 spiro atoms. The summed E-state index contributed by atoms with van der Waals surface area (Å²) in [6.45, 7) is -0.116. The number of rotatable bonds is 6. The van der Waals surface area contributed by atoms with Gasteiger partial charge < -0.3 is 24.7 Å². The van der Waals surface area contributed by atoms with Gasteiger partial charge in [0.15, 0.2) is 5.56 Å². The summed E-state index contributed by atoms with van der Waals surface area (Å²) in [5.74, 6) is -1.86. The molecule has 0 saturated heterocycles. The maximum Gasteiger partial charge on any atom is 0.353 e. The Hall–Kier alpha value is -3.03. The van der Waals surface area contributed by atoms with Gasteiger partial charge in [0.05, 0.1) is 12.0 Å². The molecule has 3 N–H and O–H groups in total. The van der Waals surface area contributed by atoms with E-state index in [0.29, 0.717) is 18.3 Å². The molecule has 1 aromatic carbocycles. The summed E-state index contributed by atoms with van der Waals surface area (Å²) in [7, 11) is 0. The molecule has 144 valence electrons. The van der Waals surface area contributed by atoms with Crippen molar-refractivity contribution in [3.05, 3.63) is 34.2 Å². The van der Waals surface area contributed by atoms with E-state index in [1.165, 1.54) is 31.4 Å². The first-order valence-corrected chi connectivity index (χ1v) is 8.88. The normalized spacial score (nSPS) is 14.8. The third-order valence-electron chi connectivity index (χ3n) is 4.69. The molecule has 27 heavy (non-hydrogen) atoms. The third kappa shape index (κ3) is 4.39. The van der Waals surface area contributed by atoms with Crippen LogP contribution in [0.1, 0.15) is 42.5 Å². The highest BCUT2D eigenvalue weighted by atomic mass is 16.5. The van der Waals surface area contributed by atoms with Crippen molar-refractivity contribution in [1.29, 1.82) is 0 Å². The van der Waals surface area contributed by atoms with Crippen molar-refractivity contribution in [3.8, 4) is 11.5 Å². The van der Waals surface area contributed by atoms with Crippen LogP contribution in [0, 0.1) is 5.92 Å². The lowest BCUT2D eigenvalue weighted by Crippen LogP contribution is -2.32. The van der Waals surface area contributed by atoms with Gasteiger partial charge in [-0.15, -0.1) is 0 Å². The van der Waals surface area contributed by atoms with Crippen molar-refractivity contribution in [3.63, 3.8) is 0 Å². The van der Waals surface area contributed by atoms with E-state index in [2.05, 4.69) is 0 Å². The van der Waals surface area contributed by atoms with Gasteiger partial charge in [0.1, 0.15) is 23.6 Å². The summed E-state index contributed by atoms with van der Waals surface area (Å²) in [6.07, 6.45) is 5.91. The van der Waals surface area contributed by atoms with Crippen molar-refractivity contribution in [2.24, 2.45) is 5.92 Å². The van der Waals surface area contributed by atoms with Gasteiger partial charge in [-0.05, 0) is 37.0 Å². The number of carboxylic acid groups (broad SMARTS) is 1. The number of aliphatic carboxylic acids is 1. The first kappa shape index (κ1) is 18.8. The summed E-state index contributed by atoms with van der Waals surface area (Å²) >= 11 is 0. The third-order valence-corrected chi connectivity index (χ3v) is 4.69. The molecule has 1 aliphatic carbocycles. The molecule has 0 aliphatic heterocycles. The van der Waals surface area contributed by atoms with Gasteiger partial charge in [-0.1, -0.05) is 19.3 Å². The molecule has 1 aromatic heterocycles. The lowest BCUT2D eigenvalue weighted by atomic mass is 9.90. The summed E-state index contributed by atoms with van der Waals surface area (Å²) in [5, 5.41) is 21.2. The SMILES string of the molecule is O=C(O)CNC(=O)c1c(O)c2cc(OCC3CCCCC3)ccc2oc1=O. The van der Waals surface area contributed by atoms with Gasteiger partial charge in [-0.2, -0.15) is 0 Å². The van der Waals surface area contributed by atoms with Crippen molar-refractivity contribution in [2.75, 3.05) is 13.2 Å². The number of benzene rings is 1. The predicted octanol–water partition coefficient (Wildman–Crippen LogP) is 2.27. The molecule has 1 aliphatic rings. The monoisotopic (exact) mass is 375 g/mol. The van der Waals surface area contributed by atoms with Crippen LogP contribution in [0.4, 0.5) is 0 Å². The zero-order chi connectivity index (χ0) is 19.4. The molecule has 0 unspecified atom stereocenters. The van der Waals surface area contributed by atoms with E-state index in [4.69, 9.17) is 14.3 Å². The van der Waals surface area contributed by atoms with Gasteiger partial charge >= 0.3 is 11.6 Å². The Kier molecular flexibility index (Phi) is 5.63. The number of ether oxygens (including phenoxy) is 1. The van der Waals surface area contributed by atoms with Gasteiger partial charge in [0.25, 0.3) is 5.91 Å². The lowest BCUT2D eigenvalue weighted by molar-refractivity contribution is -0.135. The fraction of sp³-hybridized carbons (Fsp3) is 0.421. The van der Waals surface area contributed by atoms with Gasteiger partial charge in [-0.25, -0.2) is 4.79 Å². The van der Waals surface area contributed by atoms with E-state index < -0.39 is 35.4 Å². The van der Waals surface area contributed by atoms with E-state index in [0.717, 1.165) is 12.8 Å². The fourth-order valence-electron chi connectivity index (χ4n) is 3.27. The molecule has 8 nitrogen and oxygen atoms in total. The Labute approximate surface area is 154 Å². The number of carboxylic acids is 1. The number of nitrogens with one attached hydrogen (secondary N) is 1. The topological polar surface area (TPSA) is 126 Å². The molecule has 1 saturated carbocycles. The highest BCUT2D eigenvalue weighted by molar-refractivity contribution is 6.02. The Bertz CT molecular complexity index is 912. The van der Waals surface area contributed by atoms with Crippen LogP contribution in [0.5, 0.6) is 11.5 Å². The molecule has 1 heterocycles. The number of carbonyl (C=O) groups is 2. The second kappa shape index (κ2) is 8.11. The largest absolute Gasteiger partial charge is 0.506 e. The van der Waals surface area contributed by atoms with Crippen LogP contribution in [0.3, 0.4) is 0 Å². The molecular formula is C19H21NO7. The smallest absolute Gasteiger partial charge is 0.353 e. The highest BCUT2D eigenvalue weighted by Gasteiger charge is 2.22. The van der Waals surface area contributed by atoms with Crippen molar-refractivity contribution >= 4 is 22.8 Å². The first-order valence-electron chi connectivity index (χ1n) is 8.88. The zero-order valence-electron chi connectivity index (χ0n) is 14.7. The minimum absolute atomic E-state index is 0.109. The van der Waals surface area contributed by atoms with E-state index >= 15 is 0 Å². The molecule has 0 atom stereocenters. The minimum Gasteiger partial charge on any atom is -0.506 e. The molecule has 3 rings (SSSR count). The molecular weight excluding hydrogens is 354 g/mol. The van der Waals surface area contributed by atoms with Crippen LogP contribution in [0.25, 0.3) is 11.0 Å². The fourth-order valence-corrected chi connectivity index (χ4v) is 3.27. The number of carbonyl (C=O) groups excluding carboxylic acids is 1. The van der Waals surface area contributed by atoms with Gasteiger partial charge in [0.2, 0.25) is 0 Å². The van der Waals surface area contributed by atoms with Crippen molar-refractivity contribution in [2.45, 2.75) is 32.1 Å².